The molecule has 0 saturated heterocycles. The van der Waals surface area contributed by atoms with Crippen molar-refractivity contribution in [2.75, 3.05) is 0 Å². The molecule has 2 nitrogen and oxygen atoms in total. The number of rotatable bonds is 10. The molecule has 1 heterocycles. The van der Waals surface area contributed by atoms with Crippen molar-refractivity contribution >= 4 is 0 Å². The number of halogens is 3. The molecule has 0 atom stereocenters. The van der Waals surface area contributed by atoms with Crippen LogP contribution >= 0.6 is 0 Å². The molecule has 5 heteroatoms. The summed E-state index contributed by atoms with van der Waals surface area (Å²) >= 11 is 0. The van der Waals surface area contributed by atoms with E-state index >= 15 is 0 Å². The molecule has 0 unspecified atom stereocenters. The Hall–Kier alpha value is -2.69. The first-order chi connectivity index (χ1) is 17.0. The minimum Gasteiger partial charge on any atom is -0.236 e. The maximum Gasteiger partial charge on any atom is 0.194 e. The summed E-state index contributed by atoms with van der Waals surface area (Å²) in [4.78, 5) is 8.47. The fourth-order valence-corrected chi connectivity index (χ4v) is 5.26. The third-order valence-corrected chi connectivity index (χ3v) is 7.42. The van der Waals surface area contributed by atoms with E-state index in [0.29, 0.717) is 5.92 Å². The topological polar surface area (TPSA) is 25.8 Å². The van der Waals surface area contributed by atoms with E-state index in [1.807, 2.05) is 0 Å². The summed E-state index contributed by atoms with van der Waals surface area (Å²) in [5.74, 6) is -2.31. The van der Waals surface area contributed by atoms with Crippen LogP contribution in [-0.4, -0.2) is 9.97 Å². The van der Waals surface area contributed by atoms with Crippen LogP contribution in [0.3, 0.4) is 0 Å². The molecule has 0 aliphatic heterocycles. The highest BCUT2D eigenvalue weighted by molar-refractivity contribution is 5.64. The molecule has 35 heavy (non-hydrogen) atoms. The number of aromatic nitrogens is 2. The Bertz CT molecular complexity index is 1050. The summed E-state index contributed by atoms with van der Waals surface area (Å²) in [5.41, 5.74) is 3.32. The van der Waals surface area contributed by atoms with E-state index in [1.165, 1.54) is 76.2 Å². The first-order valence-corrected chi connectivity index (χ1v) is 13.1. The van der Waals surface area contributed by atoms with Gasteiger partial charge in [0.05, 0.1) is 0 Å². The molecule has 1 aromatic heterocycles. The molecule has 1 aliphatic carbocycles. The second-order valence-corrected chi connectivity index (χ2v) is 9.95. The third kappa shape index (κ3) is 6.71. The largest absolute Gasteiger partial charge is 0.236 e. The van der Waals surface area contributed by atoms with Gasteiger partial charge < -0.3 is 0 Å². The molecular weight excluding hydrogens is 445 g/mol. The molecule has 3 aromatic rings. The Labute approximate surface area is 207 Å². The fourth-order valence-electron chi connectivity index (χ4n) is 5.26. The van der Waals surface area contributed by atoms with E-state index in [9.17, 15) is 13.2 Å². The van der Waals surface area contributed by atoms with E-state index in [4.69, 9.17) is 0 Å². The number of unbranched alkanes of at least 4 members (excludes halogenated alkanes) is 5. The Balaban J connectivity index is 1.29. The zero-order valence-electron chi connectivity index (χ0n) is 20.6. The maximum atomic E-state index is 13.5. The predicted octanol–water partition coefficient (Wildman–Crippen LogP) is 9.25. The average molecular weight is 481 g/mol. The second-order valence-electron chi connectivity index (χ2n) is 9.95. The van der Waals surface area contributed by atoms with Gasteiger partial charge in [-0.25, -0.2) is 23.1 Å². The van der Waals surface area contributed by atoms with E-state index < -0.39 is 17.5 Å². The van der Waals surface area contributed by atoms with Crippen LogP contribution in [0.2, 0.25) is 0 Å². The lowest BCUT2D eigenvalue weighted by atomic mass is 9.77. The molecule has 1 aliphatic rings. The summed E-state index contributed by atoms with van der Waals surface area (Å²) < 4.78 is 40.2. The molecular formula is C30H35F3N2. The van der Waals surface area contributed by atoms with Gasteiger partial charge in [0.1, 0.15) is 0 Å². The molecule has 0 radical (unpaired) electrons. The minimum atomic E-state index is -1.49. The van der Waals surface area contributed by atoms with E-state index in [2.05, 4.69) is 41.2 Å². The Kier molecular flexibility index (Phi) is 8.95. The van der Waals surface area contributed by atoms with Crippen LogP contribution in [0, 0.1) is 23.4 Å². The third-order valence-electron chi connectivity index (χ3n) is 7.42. The summed E-state index contributed by atoms with van der Waals surface area (Å²) in [6, 6.07) is 10.4. The SMILES string of the molecule is CCCCCCCC[C@H]1CC[C@H](c2ccc(-c3cnc(-c4cc(F)c(F)c(F)c4)nc3)cc2)CC1. The summed E-state index contributed by atoms with van der Waals surface area (Å²) in [6.07, 6.45) is 18.1. The van der Waals surface area contributed by atoms with Crippen molar-refractivity contribution in [3.05, 3.63) is 71.8 Å². The highest BCUT2D eigenvalue weighted by Gasteiger charge is 2.22. The lowest BCUT2D eigenvalue weighted by molar-refractivity contribution is 0.302. The normalized spacial score (nSPS) is 18.1. The number of hydrogen-bond acceptors (Lipinski definition) is 2. The van der Waals surface area contributed by atoms with E-state index in [1.54, 1.807) is 12.4 Å². The highest BCUT2D eigenvalue weighted by Crippen LogP contribution is 2.38. The lowest BCUT2D eigenvalue weighted by Crippen LogP contribution is -2.13. The first-order valence-electron chi connectivity index (χ1n) is 13.1. The molecule has 2 aromatic carbocycles. The smallest absolute Gasteiger partial charge is 0.194 e. The Morgan fingerprint density at radius 2 is 1.31 bits per heavy atom. The number of benzene rings is 2. The molecule has 1 saturated carbocycles. The van der Waals surface area contributed by atoms with Gasteiger partial charge in [-0.2, -0.15) is 0 Å². The van der Waals surface area contributed by atoms with Crippen LogP contribution in [-0.2, 0) is 0 Å². The van der Waals surface area contributed by atoms with Gasteiger partial charge in [-0.3, -0.25) is 0 Å². The first kappa shape index (κ1) is 25.4. The second kappa shape index (κ2) is 12.3. The zero-order valence-corrected chi connectivity index (χ0v) is 20.6. The lowest BCUT2D eigenvalue weighted by Gasteiger charge is -2.29. The zero-order chi connectivity index (χ0) is 24.6. The van der Waals surface area contributed by atoms with Crippen LogP contribution in [0.5, 0.6) is 0 Å². The molecule has 4 rings (SSSR count). The average Bonchev–Trinajstić information content (AvgIpc) is 2.89. The van der Waals surface area contributed by atoms with Gasteiger partial charge in [0.25, 0.3) is 0 Å². The quantitative estimate of drug-likeness (QED) is 0.213. The van der Waals surface area contributed by atoms with Crippen molar-refractivity contribution in [1.29, 1.82) is 0 Å². The van der Waals surface area contributed by atoms with Crippen molar-refractivity contribution in [3.63, 3.8) is 0 Å². The fraction of sp³-hybridized carbons (Fsp3) is 0.467. The van der Waals surface area contributed by atoms with Crippen molar-refractivity contribution in [2.24, 2.45) is 5.92 Å². The van der Waals surface area contributed by atoms with Crippen LogP contribution in [0.1, 0.15) is 89.0 Å². The van der Waals surface area contributed by atoms with E-state index in [-0.39, 0.29) is 11.4 Å². The van der Waals surface area contributed by atoms with Crippen LogP contribution in [0.4, 0.5) is 13.2 Å². The van der Waals surface area contributed by atoms with Gasteiger partial charge in [0.15, 0.2) is 23.3 Å². The van der Waals surface area contributed by atoms with Gasteiger partial charge in [-0.1, -0.05) is 76.1 Å². The van der Waals surface area contributed by atoms with Crippen molar-refractivity contribution in [1.82, 2.24) is 9.97 Å². The van der Waals surface area contributed by atoms with Crippen molar-refractivity contribution in [2.45, 2.75) is 83.5 Å². The van der Waals surface area contributed by atoms with Gasteiger partial charge in [0, 0.05) is 23.5 Å². The number of nitrogens with zero attached hydrogens (tertiary/aromatic N) is 2. The highest BCUT2D eigenvalue weighted by atomic mass is 19.2. The van der Waals surface area contributed by atoms with Crippen LogP contribution < -0.4 is 0 Å². The van der Waals surface area contributed by atoms with Gasteiger partial charge in [-0.15, -0.1) is 0 Å². The van der Waals surface area contributed by atoms with E-state index in [0.717, 1.165) is 29.2 Å². The number of hydrogen-bond donors (Lipinski definition) is 0. The van der Waals surface area contributed by atoms with Crippen LogP contribution in [0.15, 0.2) is 48.8 Å². The summed E-state index contributed by atoms with van der Waals surface area (Å²) in [5, 5.41) is 0. The van der Waals surface area contributed by atoms with Crippen LogP contribution in [0.25, 0.3) is 22.5 Å². The van der Waals surface area contributed by atoms with Gasteiger partial charge in [0.2, 0.25) is 0 Å². The minimum absolute atomic E-state index is 0.107. The Morgan fingerprint density at radius 3 is 1.94 bits per heavy atom. The molecule has 0 bridgehead atoms. The molecule has 0 amide bonds. The molecule has 0 N–H and O–H groups in total. The standard InChI is InChI=1S/C30H35F3N2/c1-2-3-4-5-6-7-8-21-9-11-22(12-10-21)23-13-15-24(16-14-23)26-19-34-30(35-20-26)25-17-27(31)29(33)28(32)18-25/h13-22H,2-12H2,1H3/t21-,22-. The summed E-state index contributed by atoms with van der Waals surface area (Å²) in [7, 11) is 0. The van der Waals surface area contributed by atoms with Crippen molar-refractivity contribution < 1.29 is 13.2 Å². The molecule has 186 valence electrons. The summed E-state index contributed by atoms with van der Waals surface area (Å²) in [6.45, 7) is 2.27. The van der Waals surface area contributed by atoms with Gasteiger partial charge >= 0.3 is 0 Å². The van der Waals surface area contributed by atoms with Gasteiger partial charge in [-0.05, 0) is 60.8 Å². The monoisotopic (exact) mass is 480 g/mol. The van der Waals surface area contributed by atoms with Crippen molar-refractivity contribution in [3.8, 4) is 22.5 Å². The Morgan fingerprint density at radius 1 is 0.714 bits per heavy atom. The maximum absolute atomic E-state index is 13.5. The molecule has 1 fully saturated rings. The molecule has 0 spiro atoms. The predicted molar refractivity (Wildman–Crippen MR) is 135 cm³/mol.